The summed E-state index contributed by atoms with van der Waals surface area (Å²) in [5, 5.41) is 8.32. The topological polar surface area (TPSA) is 23.8 Å². The van der Waals surface area contributed by atoms with Crippen LogP contribution >= 0.6 is 31.9 Å². The van der Waals surface area contributed by atoms with Gasteiger partial charge in [0.15, 0.2) is 0 Å². The molecule has 1 aromatic rings. The van der Waals surface area contributed by atoms with Gasteiger partial charge in [0, 0.05) is 10.0 Å². The number of halogens is 4. The van der Waals surface area contributed by atoms with E-state index in [2.05, 4.69) is 31.9 Å². The molecule has 0 heterocycles. The Balaban J connectivity index is 3.36. The van der Waals surface area contributed by atoms with Crippen molar-refractivity contribution in [3.05, 3.63) is 32.2 Å². The molecule has 0 aliphatic carbocycles. The summed E-state index contributed by atoms with van der Waals surface area (Å²) in [5.41, 5.74) is -0.211. The van der Waals surface area contributed by atoms with E-state index in [1.165, 1.54) is 0 Å². The largest absolute Gasteiger partial charge is 0.207 e. The fourth-order valence-corrected chi connectivity index (χ4v) is 1.57. The van der Waals surface area contributed by atoms with Crippen molar-refractivity contribution < 1.29 is 8.78 Å². The molecule has 0 fully saturated rings. The van der Waals surface area contributed by atoms with Gasteiger partial charge in [0.05, 0.1) is 17.0 Å². The molecule has 0 amide bonds. The van der Waals surface area contributed by atoms with E-state index in [9.17, 15) is 8.78 Å². The van der Waals surface area contributed by atoms with Crippen LogP contribution in [0.2, 0.25) is 0 Å². The molecule has 1 aromatic carbocycles. The molecule has 68 valence electrons. The van der Waals surface area contributed by atoms with Crippen molar-refractivity contribution in [1.82, 2.24) is 0 Å². The van der Waals surface area contributed by atoms with Crippen LogP contribution in [-0.2, 0) is 6.42 Å². The lowest BCUT2D eigenvalue weighted by Gasteiger charge is -2.04. The monoisotopic (exact) mass is 309 g/mol. The van der Waals surface area contributed by atoms with E-state index in [0.717, 1.165) is 6.07 Å². The van der Waals surface area contributed by atoms with Gasteiger partial charge in [-0.15, -0.1) is 0 Å². The zero-order chi connectivity index (χ0) is 10.0. The molecular formula is C8H3Br2F2N. The summed E-state index contributed by atoms with van der Waals surface area (Å²) >= 11 is 5.91. The van der Waals surface area contributed by atoms with E-state index in [0.29, 0.717) is 4.47 Å². The van der Waals surface area contributed by atoms with Gasteiger partial charge in [-0.05, 0) is 37.9 Å². The third-order valence-corrected chi connectivity index (χ3v) is 3.40. The van der Waals surface area contributed by atoms with Crippen LogP contribution in [0.25, 0.3) is 0 Å². The lowest BCUT2D eigenvalue weighted by Crippen LogP contribution is -1.96. The third kappa shape index (κ3) is 2.06. The quantitative estimate of drug-likeness (QED) is 0.575. The summed E-state index contributed by atoms with van der Waals surface area (Å²) < 4.78 is 26.7. The van der Waals surface area contributed by atoms with Crippen molar-refractivity contribution >= 4 is 31.9 Å². The van der Waals surface area contributed by atoms with Gasteiger partial charge >= 0.3 is 0 Å². The second kappa shape index (κ2) is 4.16. The first-order chi connectivity index (χ1) is 6.07. The highest BCUT2D eigenvalue weighted by atomic mass is 79.9. The Labute approximate surface area is 90.6 Å². The van der Waals surface area contributed by atoms with E-state index in [4.69, 9.17) is 5.26 Å². The molecule has 0 aliphatic rings. The molecule has 13 heavy (non-hydrogen) atoms. The highest BCUT2D eigenvalue weighted by molar-refractivity contribution is 9.13. The van der Waals surface area contributed by atoms with Gasteiger partial charge in [0.2, 0.25) is 0 Å². The van der Waals surface area contributed by atoms with Crippen molar-refractivity contribution in [2.45, 2.75) is 6.42 Å². The fraction of sp³-hybridized carbons (Fsp3) is 0.125. The second-order valence-corrected chi connectivity index (χ2v) is 3.93. The van der Waals surface area contributed by atoms with Crippen LogP contribution in [0.3, 0.4) is 0 Å². The molecule has 0 aromatic heterocycles. The minimum atomic E-state index is -0.728. The summed E-state index contributed by atoms with van der Waals surface area (Å²) in [6.45, 7) is 0. The van der Waals surface area contributed by atoms with Crippen LogP contribution in [0, 0.1) is 23.0 Å². The average molecular weight is 311 g/mol. The molecule has 0 saturated heterocycles. The van der Waals surface area contributed by atoms with Crippen LogP contribution in [0.5, 0.6) is 0 Å². The van der Waals surface area contributed by atoms with Gasteiger partial charge in [0.25, 0.3) is 0 Å². The maximum Gasteiger partial charge on any atom is 0.145 e. The highest BCUT2D eigenvalue weighted by Gasteiger charge is 2.14. The molecule has 0 aliphatic heterocycles. The Morgan fingerprint density at radius 1 is 1.38 bits per heavy atom. The number of nitrogens with zero attached hydrogens (tertiary/aromatic N) is 1. The maximum absolute atomic E-state index is 13.2. The maximum atomic E-state index is 13.2. The number of rotatable bonds is 1. The van der Waals surface area contributed by atoms with Crippen molar-refractivity contribution in [3.8, 4) is 6.07 Å². The summed E-state index contributed by atoms with van der Waals surface area (Å²) in [6.07, 6.45) is -0.274. The van der Waals surface area contributed by atoms with E-state index in [1.54, 1.807) is 6.07 Å². The summed E-state index contributed by atoms with van der Waals surface area (Å²) in [5.74, 6) is -1.44. The van der Waals surface area contributed by atoms with Crippen LogP contribution in [0.4, 0.5) is 8.78 Å². The molecule has 0 atom stereocenters. The average Bonchev–Trinajstić information content (AvgIpc) is 2.09. The van der Waals surface area contributed by atoms with E-state index >= 15 is 0 Å². The Hall–Kier alpha value is -0.470. The van der Waals surface area contributed by atoms with Gasteiger partial charge in [0.1, 0.15) is 11.6 Å². The number of benzene rings is 1. The predicted molar refractivity (Wildman–Crippen MR) is 51.1 cm³/mol. The van der Waals surface area contributed by atoms with Crippen LogP contribution < -0.4 is 0 Å². The minimum Gasteiger partial charge on any atom is -0.207 e. The molecule has 0 bridgehead atoms. The predicted octanol–water partition coefficient (Wildman–Crippen LogP) is 3.56. The number of hydrogen-bond acceptors (Lipinski definition) is 1. The summed E-state index contributed by atoms with van der Waals surface area (Å²) in [4.78, 5) is 0. The Kier molecular flexibility index (Phi) is 3.40. The molecule has 0 radical (unpaired) electrons. The zero-order valence-electron chi connectivity index (χ0n) is 6.24. The Bertz CT molecular complexity index is 385. The second-order valence-electron chi connectivity index (χ2n) is 2.28. The Morgan fingerprint density at radius 3 is 2.54 bits per heavy atom. The normalized spacial score (nSPS) is 9.77. The third-order valence-electron chi connectivity index (χ3n) is 1.46. The van der Waals surface area contributed by atoms with Crippen LogP contribution in [-0.4, -0.2) is 0 Å². The SMILES string of the molecule is N#CCc1c(F)cc(Br)c(Br)c1F. The van der Waals surface area contributed by atoms with Crippen LogP contribution in [0.1, 0.15) is 5.56 Å². The molecule has 0 saturated carbocycles. The van der Waals surface area contributed by atoms with Crippen molar-refractivity contribution in [1.29, 1.82) is 5.26 Å². The standard InChI is InChI=1S/C8H3Br2F2N/c9-5-3-6(11)4(1-2-13)8(12)7(5)10/h3H,1H2. The molecule has 1 nitrogen and oxygen atoms in total. The summed E-state index contributed by atoms with van der Waals surface area (Å²) in [6, 6.07) is 2.82. The lowest BCUT2D eigenvalue weighted by molar-refractivity contribution is 0.557. The molecule has 0 unspecified atom stereocenters. The van der Waals surface area contributed by atoms with Crippen molar-refractivity contribution in [2.24, 2.45) is 0 Å². The zero-order valence-corrected chi connectivity index (χ0v) is 9.42. The first-order valence-electron chi connectivity index (χ1n) is 3.26. The number of hydrogen-bond donors (Lipinski definition) is 0. The molecule has 5 heteroatoms. The molecule has 1 rings (SSSR count). The number of nitriles is 1. The molecule has 0 N–H and O–H groups in total. The molecular weight excluding hydrogens is 308 g/mol. The summed E-state index contributed by atoms with van der Waals surface area (Å²) in [7, 11) is 0. The van der Waals surface area contributed by atoms with Crippen molar-refractivity contribution in [2.75, 3.05) is 0 Å². The lowest BCUT2D eigenvalue weighted by atomic mass is 10.1. The van der Waals surface area contributed by atoms with Gasteiger partial charge in [-0.3, -0.25) is 0 Å². The minimum absolute atomic E-state index is 0.138. The van der Waals surface area contributed by atoms with Gasteiger partial charge in [-0.1, -0.05) is 0 Å². The van der Waals surface area contributed by atoms with E-state index < -0.39 is 11.6 Å². The first-order valence-corrected chi connectivity index (χ1v) is 4.85. The van der Waals surface area contributed by atoms with Gasteiger partial charge in [-0.2, -0.15) is 5.26 Å². The smallest absolute Gasteiger partial charge is 0.145 e. The van der Waals surface area contributed by atoms with Gasteiger partial charge in [-0.25, -0.2) is 8.78 Å². The first kappa shape index (κ1) is 10.6. The van der Waals surface area contributed by atoms with Crippen molar-refractivity contribution in [3.63, 3.8) is 0 Å². The van der Waals surface area contributed by atoms with E-state index in [-0.39, 0.29) is 16.5 Å². The fourth-order valence-electron chi connectivity index (χ4n) is 0.845. The van der Waals surface area contributed by atoms with Crippen LogP contribution in [0.15, 0.2) is 15.0 Å². The highest BCUT2D eigenvalue weighted by Crippen LogP contribution is 2.30. The van der Waals surface area contributed by atoms with E-state index in [1.807, 2.05) is 0 Å². The Morgan fingerprint density at radius 2 is 2.00 bits per heavy atom. The molecule has 0 spiro atoms. The van der Waals surface area contributed by atoms with Gasteiger partial charge < -0.3 is 0 Å².